The number of hydrogen-bond donors (Lipinski definition) is 1. The fourth-order valence-electron chi connectivity index (χ4n) is 3.20. The fourth-order valence-corrected chi connectivity index (χ4v) is 3.20. The van der Waals surface area contributed by atoms with E-state index in [9.17, 15) is 4.79 Å². The third kappa shape index (κ3) is 5.04. The number of hydrogen-bond acceptors (Lipinski definition) is 2. The number of rotatable bonds is 6. The van der Waals surface area contributed by atoms with Crippen LogP contribution < -0.4 is 5.73 Å². The number of anilines is 1. The van der Waals surface area contributed by atoms with Crippen molar-refractivity contribution in [3.8, 4) is 0 Å². The van der Waals surface area contributed by atoms with Gasteiger partial charge in [-0.1, -0.05) is 44.9 Å². The van der Waals surface area contributed by atoms with E-state index in [0.717, 1.165) is 42.6 Å². The van der Waals surface area contributed by atoms with Crippen molar-refractivity contribution in [2.24, 2.45) is 11.8 Å². The van der Waals surface area contributed by atoms with Gasteiger partial charge in [-0.3, -0.25) is 4.79 Å². The number of nitrogens with zero attached hydrogens (tertiary/aromatic N) is 1. The molecule has 1 aromatic carbocycles. The highest BCUT2D eigenvalue weighted by atomic mass is 16.2. The number of para-hydroxylation sites is 1. The number of carbonyl (C=O) groups is 1. The standard InChI is InChI=1S/C19H30N2O/c1-15(2)7-8-16-11-13-21(14-12-16)19(22)10-9-17-5-3-4-6-18(17)20/h3-6,15-16H,7-14,20H2,1-2H3. The second-order valence-corrected chi connectivity index (χ2v) is 6.99. The van der Waals surface area contributed by atoms with E-state index in [1.165, 1.54) is 25.7 Å². The van der Waals surface area contributed by atoms with E-state index in [1.807, 2.05) is 29.2 Å². The maximum atomic E-state index is 12.3. The first-order chi connectivity index (χ1) is 10.6. The van der Waals surface area contributed by atoms with Crippen LogP contribution >= 0.6 is 0 Å². The van der Waals surface area contributed by atoms with E-state index < -0.39 is 0 Å². The lowest BCUT2D eigenvalue weighted by molar-refractivity contribution is -0.132. The number of nitrogen functional groups attached to an aromatic ring is 1. The van der Waals surface area contributed by atoms with E-state index in [2.05, 4.69) is 13.8 Å². The quantitative estimate of drug-likeness (QED) is 0.811. The molecule has 0 spiro atoms. The van der Waals surface area contributed by atoms with Crippen LogP contribution in [0.2, 0.25) is 0 Å². The van der Waals surface area contributed by atoms with Gasteiger partial charge in [0.05, 0.1) is 0 Å². The molecule has 0 saturated carbocycles. The first-order valence-electron chi connectivity index (χ1n) is 8.67. The zero-order valence-corrected chi connectivity index (χ0v) is 14.1. The molecule has 1 amide bonds. The zero-order valence-electron chi connectivity index (χ0n) is 14.1. The predicted molar refractivity (Wildman–Crippen MR) is 92.6 cm³/mol. The van der Waals surface area contributed by atoms with Crippen molar-refractivity contribution in [1.82, 2.24) is 4.90 Å². The number of carbonyl (C=O) groups excluding carboxylic acids is 1. The van der Waals surface area contributed by atoms with Crippen molar-refractivity contribution in [2.45, 2.75) is 52.4 Å². The molecular weight excluding hydrogens is 272 g/mol. The Labute approximate surface area is 134 Å². The van der Waals surface area contributed by atoms with Crippen LogP contribution in [-0.4, -0.2) is 23.9 Å². The Morgan fingerprint density at radius 1 is 1.27 bits per heavy atom. The first kappa shape index (κ1) is 16.9. The molecule has 0 aromatic heterocycles. The van der Waals surface area contributed by atoms with Crippen molar-refractivity contribution in [3.05, 3.63) is 29.8 Å². The summed E-state index contributed by atoms with van der Waals surface area (Å²) in [5, 5.41) is 0. The molecule has 3 nitrogen and oxygen atoms in total. The van der Waals surface area contributed by atoms with Crippen molar-refractivity contribution < 1.29 is 4.79 Å². The number of aryl methyl sites for hydroxylation is 1. The minimum absolute atomic E-state index is 0.283. The molecule has 3 heteroatoms. The summed E-state index contributed by atoms with van der Waals surface area (Å²) < 4.78 is 0. The number of likely N-dealkylation sites (tertiary alicyclic amines) is 1. The minimum Gasteiger partial charge on any atom is -0.399 e. The van der Waals surface area contributed by atoms with Gasteiger partial charge in [-0.25, -0.2) is 0 Å². The average Bonchev–Trinajstić information content (AvgIpc) is 2.52. The Balaban J connectivity index is 1.72. The third-order valence-corrected chi connectivity index (χ3v) is 4.78. The molecule has 1 saturated heterocycles. The maximum absolute atomic E-state index is 12.3. The van der Waals surface area contributed by atoms with Gasteiger partial charge in [0, 0.05) is 25.2 Å². The molecule has 0 aliphatic carbocycles. The first-order valence-corrected chi connectivity index (χ1v) is 8.67. The predicted octanol–water partition coefficient (Wildman–Crippen LogP) is 3.88. The minimum atomic E-state index is 0.283. The highest BCUT2D eigenvalue weighted by Gasteiger charge is 2.22. The Hall–Kier alpha value is -1.51. The van der Waals surface area contributed by atoms with Gasteiger partial charge in [-0.15, -0.1) is 0 Å². The molecule has 1 aliphatic rings. The maximum Gasteiger partial charge on any atom is 0.222 e. The largest absolute Gasteiger partial charge is 0.399 e. The molecule has 0 atom stereocenters. The Morgan fingerprint density at radius 3 is 2.59 bits per heavy atom. The molecule has 1 heterocycles. The van der Waals surface area contributed by atoms with Gasteiger partial charge in [0.25, 0.3) is 0 Å². The van der Waals surface area contributed by atoms with Crippen LogP contribution in [0.5, 0.6) is 0 Å². The van der Waals surface area contributed by atoms with Gasteiger partial charge in [-0.2, -0.15) is 0 Å². The van der Waals surface area contributed by atoms with Crippen LogP contribution in [0.25, 0.3) is 0 Å². The van der Waals surface area contributed by atoms with Crippen molar-refractivity contribution in [2.75, 3.05) is 18.8 Å². The fraction of sp³-hybridized carbons (Fsp3) is 0.632. The molecule has 2 rings (SSSR count). The smallest absolute Gasteiger partial charge is 0.222 e. The van der Waals surface area contributed by atoms with E-state index in [1.54, 1.807) is 0 Å². The summed E-state index contributed by atoms with van der Waals surface area (Å²) in [5.41, 5.74) is 7.82. The Bertz CT molecular complexity index is 476. The normalized spacial score (nSPS) is 16.2. The van der Waals surface area contributed by atoms with E-state index in [4.69, 9.17) is 5.73 Å². The number of piperidine rings is 1. The summed E-state index contributed by atoms with van der Waals surface area (Å²) in [6, 6.07) is 7.83. The number of benzene rings is 1. The molecule has 22 heavy (non-hydrogen) atoms. The summed E-state index contributed by atoms with van der Waals surface area (Å²) in [4.78, 5) is 14.4. The van der Waals surface area contributed by atoms with Gasteiger partial charge in [0.2, 0.25) is 5.91 Å². The average molecular weight is 302 g/mol. The molecule has 122 valence electrons. The molecular formula is C19H30N2O. The summed E-state index contributed by atoms with van der Waals surface area (Å²) >= 11 is 0. The third-order valence-electron chi connectivity index (χ3n) is 4.78. The number of amides is 1. The van der Waals surface area contributed by atoms with E-state index in [-0.39, 0.29) is 5.91 Å². The monoisotopic (exact) mass is 302 g/mol. The lowest BCUT2D eigenvalue weighted by Crippen LogP contribution is -2.38. The Kier molecular flexibility index (Phi) is 6.29. The van der Waals surface area contributed by atoms with Crippen LogP contribution in [0.3, 0.4) is 0 Å². The van der Waals surface area contributed by atoms with Crippen molar-refractivity contribution >= 4 is 11.6 Å². The molecule has 1 fully saturated rings. The molecule has 1 aromatic rings. The molecule has 2 N–H and O–H groups in total. The van der Waals surface area contributed by atoms with Gasteiger partial charge in [-0.05, 0) is 42.7 Å². The van der Waals surface area contributed by atoms with Crippen LogP contribution in [0.4, 0.5) is 5.69 Å². The van der Waals surface area contributed by atoms with Gasteiger partial charge >= 0.3 is 0 Å². The van der Waals surface area contributed by atoms with E-state index in [0.29, 0.717) is 6.42 Å². The van der Waals surface area contributed by atoms with E-state index >= 15 is 0 Å². The second kappa shape index (κ2) is 8.21. The summed E-state index contributed by atoms with van der Waals surface area (Å²) in [6.07, 6.45) is 6.30. The van der Waals surface area contributed by atoms with Crippen molar-refractivity contribution in [3.63, 3.8) is 0 Å². The lowest BCUT2D eigenvalue weighted by Gasteiger charge is -2.32. The van der Waals surface area contributed by atoms with Gasteiger partial charge in [0.15, 0.2) is 0 Å². The summed E-state index contributed by atoms with van der Waals surface area (Å²) in [5.74, 6) is 1.89. The van der Waals surface area contributed by atoms with Gasteiger partial charge < -0.3 is 10.6 Å². The van der Waals surface area contributed by atoms with Crippen LogP contribution in [-0.2, 0) is 11.2 Å². The SMILES string of the molecule is CC(C)CCC1CCN(C(=O)CCc2ccccc2N)CC1. The van der Waals surface area contributed by atoms with Gasteiger partial charge in [0.1, 0.15) is 0 Å². The van der Waals surface area contributed by atoms with Crippen LogP contribution in [0, 0.1) is 11.8 Å². The van der Waals surface area contributed by atoms with Crippen molar-refractivity contribution in [1.29, 1.82) is 0 Å². The molecule has 0 bridgehead atoms. The second-order valence-electron chi connectivity index (χ2n) is 6.99. The molecule has 1 aliphatic heterocycles. The van der Waals surface area contributed by atoms with Crippen LogP contribution in [0.1, 0.15) is 51.5 Å². The summed E-state index contributed by atoms with van der Waals surface area (Å²) in [7, 11) is 0. The molecule has 0 radical (unpaired) electrons. The summed E-state index contributed by atoms with van der Waals surface area (Å²) in [6.45, 7) is 6.44. The number of nitrogens with two attached hydrogens (primary N) is 1. The zero-order chi connectivity index (χ0) is 15.9. The topological polar surface area (TPSA) is 46.3 Å². The highest BCUT2D eigenvalue weighted by molar-refractivity contribution is 5.76. The Morgan fingerprint density at radius 2 is 1.95 bits per heavy atom. The lowest BCUT2D eigenvalue weighted by atomic mass is 9.89. The van der Waals surface area contributed by atoms with Crippen LogP contribution in [0.15, 0.2) is 24.3 Å². The molecule has 0 unspecified atom stereocenters. The highest BCUT2D eigenvalue weighted by Crippen LogP contribution is 2.24.